The van der Waals surface area contributed by atoms with E-state index in [1.165, 1.54) is 24.2 Å². The van der Waals surface area contributed by atoms with Crippen molar-refractivity contribution in [3.63, 3.8) is 0 Å². The van der Waals surface area contributed by atoms with Crippen molar-refractivity contribution in [2.45, 2.75) is 44.6 Å². The number of nitrogens with one attached hydrogen (secondary N) is 1. The lowest BCUT2D eigenvalue weighted by Gasteiger charge is -2.21. The molecule has 0 bridgehead atoms. The van der Waals surface area contributed by atoms with Gasteiger partial charge in [-0.25, -0.2) is 14.5 Å². The van der Waals surface area contributed by atoms with Crippen molar-refractivity contribution in [1.82, 2.24) is 19.7 Å². The number of carbonyl (C=O) groups is 2. The van der Waals surface area contributed by atoms with Crippen molar-refractivity contribution in [2.75, 3.05) is 18.4 Å². The third kappa shape index (κ3) is 3.20. The molecule has 8 heteroatoms. The van der Waals surface area contributed by atoms with Crippen molar-refractivity contribution in [3.05, 3.63) is 6.33 Å². The molecule has 1 aliphatic carbocycles. The number of carboxylic acid groups (broad SMARTS) is 1. The smallest absolute Gasteiger partial charge is 0.324 e. The van der Waals surface area contributed by atoms with Gasteiger partial charge in [0.1, 0.15) is 6.33 Å². The molecule has 1 saturated carbocycles. The number of rotatable bonds is 3. The van der Waals surface area contributed by atoms with Gasteiger partial charge < -0.3 is 10.0 Å². The third-order valence-corrected chi connectivity index (χ3v) is 4.50. The summed E-state index contributed by atoms with van der Waals surface area (Å²) in [5.41, 5.74) is 0. The molecule has 1 aliphatic heterocycles. The molecule has 2 fully saturated rings. The summed E-state index contributed by atoms with van der Waals surface area (Å²) in [7, 11) is 0. The van der Waals surface area contributed by atoms with Crippen LogP contribution in [-0.4, -0.2) is 49.9 Å². The Balaban J connectivity index is 1.56. The minimum atomic E-state index is -0.852. The van der Waals surface area contributed by atoms with Gasteiger partial charge in [0.2, 0.25) is 5.95 Å². The number of aromatic nitrogens is 3. The summed E-state index contributed by atoms with van der Waals surface area (Å²) in [6.45, 7) is 0.691. The van der Waals surface area contributed by atoms with Crippen LogP contribution in [0, 0.1) is 5.92 Å². The quantitative estimate of drug-likeness (QED) is 0.885. The van der Waals surface area contributed by atoms with E-state index in [0.29, 0.717) is 19.0 Å². The van der Waals surface area contributed by atoms with E-state index in [0.717, 1.165) is 12.8 Å². The van der Waals surface area contributed by atoms with Gasteiger partial charge in [-0.1, -0.05) is 19.3 Å². The highest BCUT2D eigenvalue weighted by Gasteiger charge is 2.31. The Morgan fingerprint density at radius 2 is 2.00 bits per heavy atom. The lowest BCUT2D eigenvalue weighted by molar-refractivity contribution is -0.141. The molecule has 2 aliphatic rings. The molecule has 1 aromatic rings. The molecule has 0 aromatic carbocycles. The minimum absolute atomic E-state index is 0.241. The summed E-state index contributed by atoms with van der Waals surface area (Å²) in [6.07, 6.45) is 8.04. The van der Waals surface area contributed by atoms with Crippen LogP contribution in [0.25, 0.3) is 0 Å². The summed E-state index contributed by atoms with van der Waals surface area (Å²) in [5, 5.41) is 15.9. The highest BCUT2D eigenvalue weighted by Crippen LogP contribution is 2.27. The van der Waals surface area contributed by atoms with Crippen molar-refractivity contribution in [3.8, 4) is 0 Å². The predicted molar refractivity (Wildman–Crippen MR) is 78.5 cm³/mol. The van der Waals surface area contributed by atoms with Crippen LogP contribution in [0.5, 0.6) is 0 Å². The van der Waals surface area contributed by atoms with Crippen LogP contribution in [0.4, 0.5) is 10.7 Å². The van der Waals surface area contributed by atoms with Crippen molar-refractivity contribution >= 4 is 17.9 Å². The van der Waals surface area contributed by atoms with E-state index >= 15 is 0 Å². The first-order chi connectivity index (χ1) is 10.6. The topological polar surface area (TPSA) is 100 Å². The fraction of sp³-hybridized carbons (Fsp3) is 0.714. The van der Waals surface area contributed by atoms with Crippen molar-refractivity contribution in [2.24, 2.45) is 5.92 Å². The first-order valence-corrected chi connectivity index (χ1v) is 7.83. The molecule has 3 rings (SSSR count). The molecular formula is C14H21N5O3. The third-order valence-electron chi connectivity index (χ3n) is 4.50. The van der Waals surface area contributed by atoms with Gasteiger partial charge in [0.05, 0.1) is 12.0 Å². The SMILES string of the molecule is O=C(O)C1CCN(C(=O)Nc2ncn(C3CCCCC3)n2)C1. The van der Waals surface area contributed by atoms with Gasteiger partial charge in [-0.05, 0) is 19.3 Å². The van der Waals surface area contributed by atoms with Crippen molar-refractivity contribution < 1.29 is 14.7 Å². The number of hydrogen-bond acceptors (Lipinski definition) is 4. The van der Waals surface area contributed by atoms with Crippen LogP contribution in [0.15, 0.2) is 6.33 Å². The van der Waals surface area contributed by atoms with Gasteiger partial charge in [-0.15, -0.1) is 5.10 Å². The highest BCUT2D eigenvalue weighted by molar-refractivity contribution is 5.88. The van der Waals surface area contributed by atoms with Gasteiger partial charge in [-0.3, -0.25) is 10.1 Å². The summed E-state index contributed by atoms with van der Waals surface area (Å²) in [5.74, 6) is -1.04. The second-order valence-corrected chi connectivity index (χ2v) is 6.04. The largest absolute Gasteiger partial charge is 0.481 e. The number of anilines is 1. The fourth-order valence-electron chi connectivity index (χ4n) is 3.17. The maximum atomic E-state index is 12.1. The maximum absolute atomic E-state index is 12.1. The Morgan fingerprint density at radius 1 is 1.23 bits per heavy atom. The first-order valence-electron chi connectivity index (χ1n) is 7.83. The molecular weight excluding hydrogens is 286 g/mol. The Hall–Kier alpha value is -2.12. The number of carbonyl (C=O) groups excluding carboxylic acids is 1. The zero-order valence-electron chi connectivity index (χ0n) is 12.4. The van der Waals surface area contributed by atoms with Gasteiger partial charge in [0.15, 0.2) is 0 Å². The van der Waals surface area contributed by atoms with Crippen LogP contribution >= 0.6 is 0 Å². The Kier molecular flexibility index (Phi) is 4.26. The molecule has 2 N–H and O–H groups in total. The zero-order chi connectivity index (χ0) is 15.5. The van der Waals surface area contributed by atoms with Gasteiger partial charge >= 0.3 is 12.0 Å². The summed E-state index contributed by atoms with van der Waals surface area (Å²) in [6, 6.07) is 0.0419. The van der Waals surface area contributed by atoms with E-state index in [2.05, 4.69) is 15.4 Å². The molecule has 2 heterocycles. The van der Waals surface area contributed by atoms with Gasteiger partial charge in [0, 0.05) is 13.1 Å². The maximum Gasteiger partial charge on any atom is 0.324 e. The summed E-state index contributed by atoms with van der Waals surface area (Å²) < 4.78 is 1.83. The Morgan fingerprint density at radius 3 is 2.68 bits per heavy atom. The highest BCUT2D eigenvalue weighted by atomic mass is 16.4. The minimum Gasteiger partial charge on any atom is -0.481 e. The fourth-order valence-corrected chi connectivity index (χ4v) is 3.17. The molecule has 2 amide bonds. The van der Waals surface area contributed by atoms with Crippen LogP contribution < -0.4 is 5.32 Å². The Bertz CT molecular complexity index is 552. The summed E-state index contributed by atoms with van der Waals surface area (Å²) in [4.78, 5) is 28.7. The van der Waals surface area contributed by atoms with E-state index in [1.54, 1.807) is 6.33 Å². The molecule has 120 valence electrons. The van der Waals surface area contributed by atoms with Crippen molar-refractivity contribution in [1.29, 1.82) is 0 Å². The average Bonchev–Trinajstić information content (AvgIpc) is 3.17. The standard InChI is InChI=1S/C14H21N5O3/c20-12(21)10-6-7-18(8-10)14(22)16-13-15-9-19(17-13)11-4-2-1-3-5-11/h9-11H,1-8H2,(H,20,21)(H,16,17,22). The predicted octanol–water partition coefficient (Wildman–Crippen LogP) is 1.72. The average molecular weight is 307 g/mol. The lowest BCUT2D eigenvalue weighted by atomic mass is 9.96. The van der Waals surface area contributed by atoms with E-state index in [9.17, 15) is 9.59 Å². The van der Waals surface area contributed by atoms with Crippen LogP contribution in [0.1, 0.15) is 44.6 Å². The molecule has 1 atom stereocenters. The normalized spacial score (nSPS) is 22.7. The molecule has 1 unspecified atom stereocenters. The van der Waals surface area contributed by atoms with Gasteiger partial charge in [-0.2, -0.15) is 0 Å². The molecule has 8 nitrogen and oxygen atoms in total. The molecule has 22 heavy (non-hydrogen) atoms. The van der Waals surface area contributed by atoms with E-state index in [-0.39, 0.29) is 18.5 Å². The molecule has 0 spiro atoms. The molecule has 1 aromatic heterocycles. The van der Waals surface area contributed by atoms with E-state index in [4.69, 9.17) is 5.11 Å². The van der Waals surface area contributed by atoms with E-state index < -0.39 is 11.9 Å². The first kappa shape index (κ1) is 14.8. The number of aliphatic carboxylic acids is 1. The summed E-state index contributed by atoms with van der Waals surface area (Å²) >= 11 is 0. The second kappa shape index (κ2) is 6.33. The van der Waals surface area contributed by atoms with Crippen LogP contribution in [0.2, 0.25) is 0 Å². The number of amides is 2. The van der Waals surface area contributed by atoms with Gasteiger partial charge in [0.25, 0.3) is 0 Å². The number of hydrogen-bond donors (Lipinski definition) is 2. The lowest BCUT2D eigenvalue weighted by Crippen LogP contribution is -2.34. The number of carboxylic acids is 1. The van der Waals surface area contributed by atoms with Crippen LogP contribution in [0.3, 0.4) is 0 Å². The molecule has 1 saturated heterocycles. The van der Waals surface area contributed by atoms with Crippen LogP contribution in [-0.2, 0) is 4.79 Å². The van der Waals surface area contributed by atoms with E-state index in [1.807, 2.05) is 4.68 Å². The monoisotopic (exact) mass is 307 g/mol. The zero-order valence-corrected chi connectivity index (χ0v) is 12.4. The number of urea groups is 1. The number of likely N-dealkylation sites (tertiary alicyclic amines) is 1. The second-order valence-electron chi connectivity index (χ2n) is 6.04. The molecule has 0 radical (unpaired) electrons. The number of nitrogens with zero attached hydrogens (tertiary/aromatic N) is 4. The Labute approximate surface area is 128 Å².